The van der Waals surface area contributed by atoms with Gasteiger partial charge in [0.25, 0.3) is 0 Å². The summed E-state index contributed by atoms with van der Waals surface area (Å²) in [5.41, 5.74) is 13.0. The molecule has 0 aromatic heterocycles. The molecule has 9 nitrogen and oxygen atoms in total. The van der Waals surface area contributed by atoms with E-state index in [0.717, 1.165) is 0 Å². The van der Waals surface area contributed by atoms with Crippen molar-refractivity contribution in [3.63, 3.8) is 0 Å². The third-order valence-corrected chi connectivity index (χ3v) is 0.501. The van der Waals surface area contributed by atoms with E-state index in [9.17, 15) is 4.79 Å². The minimum Gasteiger partial charge on any atom is -0.367 e. The number of nitrogens with zero attached hydrogens (tertiary/aromatic N) is 2. The summed E-state index contributed by atoms with van der Waals surface area (Å²) in [6, 6.07) is -0.919. The topological polar surface area (TPSA) is 149 Å². The monoisotopic (exact) mass is 164 g/mol. The molecule has 0 fully saturated rings. The van der Waals surface area contributed by atoms with E-state index in [4.69, 9.17) is 16.1 Å². The van der Waals surface area contributed by atoms with Crippen LogP contribution in [0.15, 0.2) is 5.10 Å². The highest BCUT2D eigenvalue weighted by atomic mass is 16.8. The predicted molar refractivity (Wildman–Crippen MR) is 32.9 cm³/mol. The Morgan fingerprint density at radius 2 is 2.00 bits per heavy atom. The second-order valence-electron chi connectivity index (χ2n) is 1.37. The molecule has 0 aromatic carbocycles. The molecule has 0 aliphatic rings. The molecule has 0 spiro atoms. The van der Waals surface area contributed by atoms with Crippen LogP contribution >= 0.6 is 0 Å². The fourth-order valence-electron chi connectivity index (χ4n) is 0.243. The Bertz CT molecular complexity index is 165. The van der Waals surface area contributed by atoms with Crippen LogP contribution in [0.1, 0.15) is 0 Å². The van der Waals surface area contributed by atoms with Crippen molar-refractivity contribution < 1.29 is 15.2 Å². The van der Waals surface area contributed by atoms with Gasteiger partial charge < -0.3 is 11.5 Å². The molecule has 0 aliphatic heterocycles. The van der Waals surface area contributed by atoms with E-state index in [-0.39, 0.29) is 0 Å². The van der Waals surface area contributed by atoms with Gasteiger partial charge in [0.1, 0.15) is 0 Å². The molecule has 0 saturated heterocycles. The maximum atomic E-state index is 9.97. The normalized spacial score (nSPS) is 11.4. The Morgan fingerprint density at radius 1 is 1.45 bits per heavy atom. The summed E-state index contributed by atoms with van der Waals surface area (Å²) in [4.78, 5) is 9.97. The van der Waals surface area contributed by atoms with Crippen molar-refractivity contribution in [3.05, 3.63) is 0 Å². The van der Waals surface area contributed by atoms with E-state index in [2.05, 4.69) is 10.8 Å². The minimum absolute atomic E-state index is 0.429. The lowest BCUT2D eigenvalue weighted by Crippen LogP contribution is -2.44. The van der Waals surface area contributed by atoms with Crippen LogP contribution in [0.4, 0.5) is 4.79 Å². The van der Waals surface area contributed by atoms with Crippen molar-refractivity contribution in [2.75, 3.05) is 0 Å². The number of nitrogens with two attached hydrogens (primary N) is 2. The van der Waals surface area contributed by atoms with Gasteiger partial charge in [-0.15, -0.1) is 5.10 Å². The molecule has 0 saturated carbocycles. The fraction of sp³-hybridized carbons (Fsp3) is 0. The van der Waals surface area contributed by atoms with E-state index in [0.29, 0.717) is 0 Å². The molecular formula is C2H8N6O3. The first-order valence-electron chi connectivity index (χ1n) is 2.35. The summed E-state index contributed by atoms with van der Waals surface area (Å²) in [5.74, 6) is -0.436. The lowest BCUT2D eigenvalue weighted by atomic mass is 11.0. The van der Waals surface area contributed by atoms with Crippen LogP contribution in [0.25, 0.3) is 0 Å². The molecule has 64 valence electrons. The number of guanidine groups is 1. The molecule has 0 unspecified atom stereocenters. The average molecular weight is 164 g/mol. The largest absolute Gasteiger partial charge is 0.367 e. The van der Waals surface area contributed by atoms with Crippen molar-refractivity contribution in [1.82, 2.24) is 16.2 Å². The van der Waals surface area contributed by atoms with E-state index in [1.54, 1.807) is 10.9 Å². The summed E-state index contributed by atoms with van der Waals surface area (Å²) >= 11 is 0. The average Bonchev–Trinajstić information content (AvgIpc) is 1.82. The lowest BCUT2D eigenvalue weighted by Gasteiger charge is -2.06. The van der Waals surface area contributed by atoms with Gasteiger partial charge in [0.05, 0.1) is 0 Å². The summed E-state index contributed by atoms with van der Waals surface area (Å²) in [7, 11) is 0. The van der Waals surface area contributed by atoms with Crippen LogP contribution in [0, 0.1) is 0 Å². The van der Waals surface area contributed by atoms with Crippen LogP contribution in [-0.2, 0) is 0 Å². The van der Waals surface area contributed by atoms with Gasteiger partial charge in [0.2, 0.25) is 5.96 Å². The number of carbonyl (C=O) groups excluding carboxylic acids is 1. The van der Waals surface area contributed by atoms with E-state index in [1.165, 1.54) is 0 Å². The Morgan fingerprint density at radius 3 is 2.36 bits per heavy atom. The van der Waals surface area contributed by atoms with Crippen molar-refractivity contribution in [2.45, 2.75) is 0 Å². The van der Waals surface area contributed by atoms with Gasteiger partial charge in [0.15, 0.2) is 0 Å². The van der Waals surface area contributed by atoms with E-state index >= 15 is 0 Å². The fourth-order valence-corrected chi connectivity index (χ4v) is 0.243. The predicted octanol–water partition coefficient (Wildman–Crippen LogP) is -2.53. The number of rotatable bonds is 2. The third-order valence-electron chi connectivity index (χ3n) is 0.501. The third kappa shape index (κ3) is 6.30. The number of primary amides is 1. The second kappa shape index (κ2) is 4.27. The second-order valence-corrected chi connectivity index (χ2v) is 1.37. The van der Waals surface area contributed by atoms with Crippen molar-refractivity contribution in [2.24, 2.45) is 16.6 Å². The Kier molecular flexibility index (Phi) is 3.66. The van der Waals surface area contributed by atoms with E-state index < -0.39 is 17.3 Å². The van der Waals surface area contributed by atoms with Crippen LogP contribution in [-0.4, -0.2) is 27.7 Å². The SMILES string of the molecule is NC(=O)NN=C(N)NN(O)O. The number of hydrogen-bond donors (Lipinski definition) is 6. The molecule has 0 radical (unpaired) electrons. The molecule has 11 heavy (non-hydrogen) atoms. The van der Waals surface area contributed by atoms with Gasteiger partial charge in [-0.25, -0.2) is 15.6 Å². The summed E-state index contributed by atoms with van der Waals surface area (Å²) in [5, 5.41) is 18.8. The number of hydrogen-bond acceptors (Lipinski definition) is 5. The summed E-state index contributed by atoms with van der Waals surface area (Å²) in [6.07, 6.45) is 0. The Balaban J connectivity index is 3.72. The number of amides is 2. The molecule has 0 bridgehead atoms. The molecule has 0 rings (SSSR count). The highest BCUT2D eigenvalue weighted by molar-refractivity contribution is 5.79. The molecule has 0 aliphatic carbocycles. The maximum absolute atomic E-state index is 9.97. The van der Waals surface area contributed by atoms with Crippen LogP contribution in [0.2, 0.25) is 0 Å². The highest BCUT2D eigenvalue weighted by Crippen LogP contribution is 1.63. The number of nitrogens with one attached hydrogen (secondary N) is 2. The van der Waals surface area contributed by atoms with Gasteiger partial charge >= 0.3 is 6.03 Å². The Hall–Kier alpha value is -1.58. The van der Waals surface area contributed by atoms with Crippen molar-refractivity contribution in [3.8, 4) is 0 Å². The number of urea groups is 1. The number of hydrazone groups is 1. The smallest absolute Gasteiger partial charge is 0.332 e. The summed E-state index contributed by atoms with van der Waals surface area (Å²) < 4.78 is 0. The van der Waals surface area contributed by atoms with Crippen molar-refractivity contribution in [1.29, 1.82) is 0 Å². The Labute approximate surface area is 61.1 Å². The van der Waals surface area contributed by atoms with Crippen LogP contribution < -0.4 is 22.3 Å². The van der Waals surface area contributed by atoms with Crippen LogP contribution in [0.5, 0.6) is 0 Å². The molecule has 2 amide bonds. The lowest BCUT2D eigenvalue weighted by molar-refractivity contribution is -0.329. The van der Waals surface area contributed by atoms with Gasteiger partial charge in [0, 0.05) is 5.34 Å². The molecule has 8 N–H and O–H groups in total. The quantitative estimate of drug-likeness (QED) is 0.150. The first kappa shape index (κ1) is 9.42. The minimum atomic E-state index is -0.919. The zero-order valence-corrected chi connectivity index (χ0v) is 5.35. The van der Waals surface area contributed by atoms with Gasteiger partial charge in [-0.05, 0) is 0 Å². The zero-order valence-electron chi connectivity index (χ0n) is 5.35. The van der Waals surface area contributed by atoms with Gasteiger partial charge in [-0.2, -0.15) is 0 Å². The van der Waals surface area contributed by atoms with Gasteiger partial charge in [-0.3, -0.25) is 10.4 Å². The zero-order chi connectivity index (χ0) is 8.85. The van der Waals surface area contributed by atoms with Crippen molar-refractivity contribution >= 4 is 12.0 Å². The highest BCUT2D eigenvalue weighted by Gasteiger charge is 1.95. The first-order valence-corrected chi connectivity index (χ1v) is 2.35. The first-order chi connectivity index (χ1) is 5.02. The number of carbonyl (C=O) groups is 1. The van der Waals surface area contributed by atoms with Gasteiger partial charge in [-0.1, -0.05) is 0 Å². The molecular weight excluding hydrogens is 156 g/mol. The maximum Gasteiger partial charge on any atom is 0.332 e. The summed E-state index contributed by atoms with van der Waals surface area (Å²) in [6.45, 7) is 0. The number of hydrazine groups is 1. The molecule has 0 aromatic rings. The van der Waals surface area contributed by atoms with E-state index in [1.807, 2.05) is 0 Å². The molecule has 0 atom stereocenters. The molecule has 0 heterocycles. The van der Waals surface area contributed by atoms with Crippen LogP contribution in [0.3, 0.4) is 0 Å². The molecule has 9 heteroatoms. The standard InChI is InChI=1S/C2H8N6O3/c3-1(7-8(10)11)5-6-2(4)9/h10-11H,(H3,3,5,7)(H3,4,6,9).